The number of hydrogen-bond donors (Lipinski definition) is 1. The molecule has 1 aliphatic heterocycles. The van der Waals surface area contributed by atoms with E-state index in [-0.39, 0.29) is 17.3 Å². The van der Waals surface area contributed by atoms with Gasteiger partial charge in [-0.05, 0) is 17.7 Å². The van der Waals surface area contributed by atoms with Gasteiger partial charge in [-0.2, -0.15) is 5.01 Å². The van der Waals surface area contributed by atoms with Gasteiger partial charge >= 0.3 is 5.97 Å². The van der Waals surface area contributed by atoms with Gasteiger partial charge in [0.2, 0.25) is 0 Å². The minimum absolute atomic E-state index is 0.161. The molecule has 0 amide bonds. The first-order valence-electron chi connectivity index (χ1n) is 8.11. The van der Waals surface area contributed by atoms with E-state index in [1.807, 2.05) is 0 Å². The molecular formula is C17H17N3O7S. The number of rotatable bonds is 6. The van der Waals surface area contributed by atoms with Crippen molar-refractivity contribution in [1.82, 2.24) is 9.84 Å². The molecule has 1 heterocycles. The summed E-state index contributed by atoms with van der Waals surface area (Å²) in [7, 11) is -2.84. The van der Waals surface area contributed by atoms with Crippen LogP contribution in [-0.4, -0.2) is 44.3 Å². The SMILES string of the molecule is COC(=O)[C@@H]1OCN(NS(=O)(=O)c2ccc([N+](=O)[O-])cc2)[C@H]1c1ccccc1. The maximum absolute atomic E-state index is 12.7. The van der Waals surface area contributed by atoms with E-state index in [4.69, 9.17) is 9.47 Å². The number of methoxy groups -OCH3 is 1. The normalized spacial score (nSPS) is 20.0. The summed E-state index contributed by atoms with van der Waals surface area (Å²) in [6.45, 7) is -0.189. The van der Waals surface area contributed by atoms with Crippen LogP contribution in [0.4, 0.5) is 5.69 Å². The summed E-state index contributed by atoms with van der Waals surface area (Å²) in [5.41, 5.74) is 0.429. The predicted molar refractivity (Wildman–Crippen MR) is 96.2 cm³/mol. The van der Waals surface area contributed by atoms with E-state index < -0.39 is 33.1 Å². The van der Waals surface area contributed by atoms with Gasteiger partial charge in [0.1, 0.15) is 6.73 Å². The Morgan fingerprint density at radius 3 is 2.43 bits per heavy atom. The molecule has 1 N–H and O–H groups in total. The molecule has 2 atom stereocenters. The lowest BCUT2D eigenvalue weighted by Gasteiger charge is -2.25. The second-order valence-corrected chi connectivity index (χ2v) is 7.57. The van der Waals surface area contributed by atoms with E-state index in [0.717, 1.165) is 24.3 Å². The van der Waals surface area contributed by atoms with Crippen LogP contribution in [0.25, 0.3) is 0 Å². The molecule has 1 saturated heterocycles. The molecular weight excluding hydrogens is 390 g/mol. The van der Waals surface area contributed by atoms with Gasteiger partial charge in [0.15, 0.2) is 6.10 Å². The molecule has 0 aromatic heterocycles. The average molecular weight is 407 g/mol. The molecule has 3 rings (SSSR count). The Kier molecular flexibility index (Phi) is 5.70. The highest BCUT2D eigenvalue weighted by molar-refractivity contribution is 7.89. The molecule has 0 saturated carbocycles. The number of benzene rings is 2. The van der Waals surface area contributed by atoms with E-state index in [9.17, 15) is 23.3 Å². The third kappa shape index (κ3) is 4.02. The maximum Gasteiger partial charge on any atom is 0.337 e. The number of nitrogens with one attached hydrogen (secondary N) is 1. The Labute approximate surface area is 160 Å². The number of esters is 1. The van der Waals surface area contributed by atoms with E-state index in [0.29, 0.717) is 5.56 Å². The highest BCUT2D eigenvalue weighted by atomic mass is 32.2. The van der Waals surface area contributed by atoms with Gasteiger partial charge < -0.3 is 9.47 Å². The quantitative estimate of drug-likeness (QED) is 0.432. The van der Waals surface area contributed by atoms with E-state index in [1.165, 1.54) is 12.1 Å². The van der Waals surface area contributed by atoms with Crippen LogP contribution in [0.2, 0.25) is 0 Å². The highest BCUT2D eigenvalue weighted by Crippen LogP contribution is 2.32. The standard InChI is InChI=1S/C17H17N3O7S/c1-26-17(21)16-15(12-5-3-2-4-6-12)19(11-27-16)18-28(24,25)14-9-7-13(8-10-14)20(22)23/h2-10,15-16,18H,11H2,1H3/t15-,16+/m0/s1. The Balaban J connectivity index is 1.88. The van der Waals surface area contributed by atoms with Crippen molar-refractivity contribution < 1.29 is 27.6 Å². The van der Waals surface area contributed by atoms with Gasteiger partial charge in [-0.15, -0.1) is 4.83 Å². The number of sulfonamides is 1. The van der Waals surface area contributed by atoms with Crippen molar-refractivity contribution in [2.45, 2.75) is 17.0 Å². The van der Waals surface area contributed by atoms with Gasteiger partial charge in [-0.3, -0.25) is 10.1 Å². The number of non-ortho nitro benzene ring substituents is 1. The Hall–Kier alpha value is -2.86. The second-order valence-electron chi connectivity index (χ2n) is 5.91. The summed E-state index contributed by atoms with van der Waals surface area (Å²) in [6, 6.07) is 12.5. The third-order valence-corrected chi connectivity index (χ3v) is 5.55. The topological polar surface area (TPSA) is 128 Å². The number of carbonyl (C=O) groups excluding carboxylic acids is 1. The first-order valence-corrected chi connectivity index (χ1v) is 9.60. The fourth-order valence-electron chi connectivity index (χ4n) is 2.85. The summed E-state index contributed by atoms with van der Waals surface area (Å²) in [5, 5.41) is 12.0. The predicted octanol–water partition coefficient (Wildman–Crippen LogP) is 1.36. The smallest absolute Gasteiger partial charge is 0.337 e. The average Bonchev–Trinajstić information content (AvgIpc) is 3.11. The van der Waals surface area contributed by atoms with Crippen LogP contribution in [0.1, 0.15) is 11.6 Å². The Bertz CT molecular complexity index is 964. The van der Waals surface area contributed by atoms with Crippen molar-refractivity contribution in [3.8, 4) is 0 Å². The van der Waals surface area contributed by atoms with Crippen molar-refractivity contribution in [1.29, 1.82) is 0 Å². The maximum atomic E-state index is 12.7. The molecule has 1 aliphatic rings. The lowest BCUT2D eigenvalue weighted by Crippen LogP contribution is -2.44. The van der Waals surface area contributed by atoms with Crippen LogP contribution >= 0.6 is 0 Å². The van der Waals surface area contributed by atoms with Crippen LogP contribution in [0.15, 0.2) is 59.5 Å². The van der Waals surface area contributed by atoms with Crippen LogP contribution in [0, 0.1) is 10.1 Å². The minimum atomic E-state index is -4.06. The summed E-state index contributed by atoms with van der Waals surface area (Å²) in [6.07, 6.45) is -1.02. The first-order chi connectivity index (χ1) is 13.3. The van der Waals surface area contributed by atoms with E-state index >= 15 is 0 Å². The largest absolute Gasteiger partial charge is 0.467 e. The summed E-state index contributed by atoms with van der Waals surface area (Å²) < 4.78 is 35.6. The van der Waals surface area contributed by atoms with Crippen LogP contribution < -0.4 is 4.83 Å². The summed E-state index contributed by atoms with van der Waals surface area (Å²) in [5.74, 6) is -0.633. The zero-order chi connectivity index (χ0) is 20.3. The molecule has 2 aromatic rings. The molecule has 0 bridgehead atoms. The molecule has 10 nitrogen and oxygen atoms in total. The lowest BCUT2D eigenvalue weighted by molar-refractivity contribution is -0.384. The Morgan fingerprint density at radius 1 is 1.21 bits per heavy atom. The van der Waals surface area contributed by atoms with Crippen molar-refractivity contribution in [3.05, 3.63) is 70.3 Å². The molecule has 0 radical (unpaired) electrons. The van der Waals surface area contributed by atoms with Crippen LogP contribution in [-0.2, 0) is 24.3 Å². The van der Waals surface area contributed by atoms with Gasteiger partial charge in [0.25, 0.3) is 15.7 Å². The summed E-state index contributed by atoms with van der Waals surface area (Å²) >= 11 is 0. The molecule has 28 heavy (non-hydrogen) atoms. The van der Waals surface area contributed by atoms with Crippen molar-refractivity contribution in [3.63, 3.8) is 0 Å². The zero-order valence-corrected chi connectivity index (χ0v) is 15.5. The molecule has 148 valence electrons. The molecule has 0 spiro atoms. The molecule has 0 aliphatic carbocycles. The number of hydrazine groups is 1. The monoisotopic (exact) mass is 407 g/mol. The number of hydrogen-bond acceptors (Lipinski definition) is 8. The molecule has 2 aromatic carbocycles. The number of ether oxygens (including phenoxy) is 2. The van der Waals surface area contributed by atoms with E-state index in [1.54, 1.807) is 30.3 Å². The van der Waals surface area contributed by atoms with Gasteiger partial charge in [-0.25, -0.2) is 13.2 Å². The van der Waals surface area contributed by atoms with Gasteiger partial charge in [-0.1, -0.05) is 30.3 Å². The number of nitrogens with zero attached hydrogens (tertiary/aromatic N) is 2. The Morgan fingerprint density at radius 2 is 1.86 bits per heavy atom. The summed E-state index contributed by atoms with van der Waals surface area (Å²) in [4.78, 5) is 24.4. The second kappa shape index (κ2) is 8.02. The van der Waals surface area contributed by atoms with Crippen molar-refractivity contribution in [2.24, 2.45) is 0 Å². The molecule has 1 fully saturated rings. The first kappa shape index (κ1) is 19.9. The highest BCUT2D eigenvalue weighted by Gasteiger charge is 2.43. The fourth-order valence-corrected chi connectivity index (χ4v) is 3.93. The number of carbonyl (C=O) groups is 1. The molecule has 11 heteroatoms. The molecule has 0 unspecified atom stereocenters. The van der Waals surface area contributed by atoms with Crippen molar-refractivity contribution >= 4 is 21.7 Å². The zero-order valence-electron chi connectivity index (χ0n) is 14.7. The lowest BCUT2D eigenvalue weighted by atomic mass is 10.0. The van der Waals surface area contributed by atoms with Crippen LogP contribution in [0.3, 0.4) is 0 Å². The van der Waals surface area contributed by atoms with Gasteiger partial charge in [0.05, 0.1) is 23.0 Å². The third-order valence-electron chi connectivity index (χ3n) is 4.19. The minimum Gasteiger partial charge on any atom is -0.467 e. The number of nitro groups is 1. The number of nitro benzene ring substituents is 1. The fraction of sp³-hybridized carbons (Fsp3) is 0.235. The van der Waals surface area contributed by atoms with Crippen molar-refractivity contribution in [2.75, 3.05) is 13.8 Å². The van der Waals surface area contributed by atoms with Gasteiger partial charge in [0, 0.05) is 12.1 Å². The van der Waals surface area contributed by atoms with Crippen LogP contribution in [0.5, 0.6) is 0 Å². The van der Waals surface area contributed by atoms with E-state index in [2.05, 4.69) is 4.83 Å².